The van der Waals surface area contributed by atoms with Crippen LogP contribution in [0.5, 0.6) is 0 Å². The van der Waals surface area contributed by atoms with E-state index in [0.29, 0.717) is 0 Å². The van der Waals surface area contributed by atoms with Gasteiger partial charge in [-0.3, -0.25) is 0 Å². The van der Waals surface area contributed by atoms with Gasteiger partial charge in [0.15, 0.2) is 0 Å². The molecule has 0 unspecified atom stereocenters. The maximum atomic E-state index is 2.52. The summed E-state index contributed by atoms with van der Waals surface area (Å²) >= 11 is 0. The van der Waals surface area contributed by atoms with E-state index in [1.807, 2.05) is 0 Å². The minimum absolute atomic E-state index is 1.05. The third-order valence-electron chi connectivity index (χ3n) is 7.18. The zero-order chi connectivity index (χ0) is 22.6. The SMILES string of the molecule is Cc1cccc(-c2ccccc2C2=CN(CCCc3ccccc3)C(=C3CCC3)C=C2)c1C. The van der Waals surface area contributed by atoms with Gasteiger partial charge in [-0.2, -0.15) is 0 Å². The van der Waals surface area contributed by atoms with E-state index in [2.05, 4.69) is 110 Å². The number of benzene rings is 3. The van der Waals surface area contributed by atoms with E-state index < -0.39 is 0 Å². The van der Waals surface area contributed by atoms with Gasteiger partial charge in [-0.25, -0.2) is 0 Å². The van der Waals surface area contributed by atoms with Gasteiger partial charge in [-0.1, -0.05) is 78.9 Å². The van der Waals surface area contributed by atoms with E-state index in [1.165, 1.54) is 63.9 Å². The van der Waals surface area contributed by atoms with Crippen molar-refractivity contribution >= 4 is 5.57 Å². The minimum atomic E-state index is 1.05. The van der Waals surface area contributed by atoms with E-state index in [0.717, 1.165) is 19.4 Å². The Morgan fingerprint density at radius 2 is 1.45 bits per heavy atom. The first-order chi connectivity index (χ1) is 16.2. The van der Waals surface area contributed by atoms with Gasteiger partial charge in [0.1, 0.15) is 0 Å². The number of aryl methyl sites for hydroxylation is 2. The molecule has 0 N–H and O–H groups in total. The largest absolute Gasteiger partial charge is 0.347 e. The van der Waals surface area contributed by atoms with Crippen LogP contribution in [0.2, 0.25) is 0 Å². The summed E-state index contributed by atoms with van der Waals surface area (Å²) in [5.74, 6) is 0. The smallest absolute Gasteiger partial charge is 0.0398 e. The first-order valence-corrected chi connectivity index (χ1v) is 12.3. The Labute approximate surface area is 198 Å². The van der Waals surface area contributed by atoms with Gasteiger partial charge in [-0.05, 0) is 96.6 Å². The predicted octanol–water partition coefficient (Wildman–Crippen LogP) is 8.25. The van der Waals surface area contributed by atoms with E-state index >= 15 is 0 Å². The molecule has 0 amide bonds. The lowest BCUT2D eigenvalue weighted by atomic mass is 9.87. The third-order valence-corrected chi connectivity index (χ3v) is 7.18. The van der Waals surface area contributed by atoms with Crippen molar-refractivity contribution in [2.75, 3.05) is 6.54 Å². The second kappa shape index (κ2) is 9.67. The lowest BCUT2D eigenvalue weighted by Gasteiger charge is -2.32. The summed E-state index contributed by atoms with van der Waals surface area (Å²) in [6.07, 6.45) is 13.2. The summed E-state index contributed by atoms with van der Waals surface area (Å²) in [5, 5.41) is 0. The molecule has 5 rings (SSSR count). The summed E-state index contributed by atoms with van der Waals surface area (Å²) in [4.78, 5) is 2.52. The molecule has 3 aromatic carbocycles. The van der Waals surface area contributed by atoms with Crippen molar-refractivity contribution in [3.8, 4) is 11.1 Å². The van der Waals surface area contributed by atoms with Crippen molar-refractivity contribution in [3.05, 3.63) is 125 Å². The zero-order valence-corrected chi connectivity index (χ0v) is 19.9. The van der Waals surface area contributed by atoms with Crippen molar-refractivity contribution in [2.45, 2.75) is 46.0 Å². The number of nitrogens with zero attached hydrogens (tertiary/aromatic N) is 1. The van der Waals surface area contributed by atoms with Crippen LogP contribution in [-0.2, 0) is 6.42 Å². The van der Waals surface area contributed by atoms with E-state index in [9.17, 15) is 0 Å². The van der Waals surface area contributed by atoms with Gasteiger partial charge in [0.25, 0.3) is 0 Å². The first kappa shape index (κ1) is 21.5. The van der Waals surface area contributed by atoms with Crippen LogP contribution in [0.4, 0.5) is 0 Å². The van der Waals surface area contributed by atoms with Crippen LogP contribution in [-0.4, -0.2) is 11.4 Å². The Hall–Kier alpha value is -3.32. The highest BCUT2D eigenvalue weighted by Gasteiger charge is 2.21. The van der Waals surface area contributed by atoms with Gasteiger partial charge >= 0.3 is 0 Å². The average Bonchev–Trinajstić information content (AvgIpc) is 2.81. The number of rotatable bonds is 6. The van der Waals surface area contributed by atoms with Gasteiger partial charge in [-0.15, -0.1) is 0 Å². The fourth-order valence-electron chi connectivity index (χ4n) is 4.93. The summed E-state index contributed by atoms with van der Waals surface area (Å²) < 4.78 is 0. The summed E-state index contributed by atoms with van der Waals surface area (Å²) in [6, 6.07) is 26.4. The molecular formula is C32H33N. The Kier molecular flexibility index (Phi) is 6.30. The Bertz CT molecular complexity index is 1220. The van der Waals surface area contributed by atoms with Crippen molar-refractivity contribution in [2.24, 2.45) is 0 Å². The second-order valence-corrected chi connectivity index (χ2v) is 9.34. The Morgan fingerprint density at radius 3 is 2.21 bits per heavy atom. The standard InChI is InChI=1S/C32H33N/c1-24-11-8-19-29(25(24)2)31-18-7-6-17-30(31)28-20-21-32(27-15-9-16-27)33(23-28)22-10-14-26-12-4-3-5-13-26/h3-8,11-13,17-21,23H,9-10,14-16,22H2,1-2H3. The Balaban J connectivity index is 1.46. The molecule has 166 valence electrons. The number of hydrogen-bond donors (Lipinski definition) is 0. The molecule has 1 aliphatic heterocycles. The van der Waals surface area contributed by atoms with Crippen LogP contribution in [0.3, 0.4) is 0 Å². The first-order valence-electron chi connectivity index (χ1n) is 12.3. The van der Waals surface area contributed by atoms with E-state index in [1.54, 1.807) is 5.57 Å². The molecule has 1 heterocycles. The van der Waals surface area contributed by atoms with Gasteiger partial charge in [0.05, 0.1) is 0 Å². The van der Waals surface area contributed by atoms with Gasteiger partial charge < -0.3 is 4.90 Å². The molecule has 1 fully saturated rings. The number of allylic oxidation sites excluding steroid dienone is 4. The van der Waals surface area contributed by atoms with Crippen LogP contribution < -0.4 is 0 Å². The van der Waals surface area contributed by atoms with Crippen LogP contribution in [0, 0.1) is 13.8 Å². The minimum Gasteiger partial charge on any atom is -0.347 e. The van der Waals surface area contributed by atoms with Crippen LogP contribution in [0.15, 0.2) is 102 Å². The molecule has 0 aromatic heterocycles. The molecule has 0 bridgehead atoms. The van der Waals surface area contributed by atoms with E-state index in [4.69, 9.17) is 0 Å². The molecule has 2 aliphatic rings. The maximum Gasteiger partial charge on any atom is 0.0398 e. The van der Waals surface area contributed by atoms with E-state index in [-0.39, 0.29) is 0 Å². The molecule has 1 saturated carbocycles. The molecule has 1 nitrogen and oxygen atoms in total. The molecular weight excluding hydrogens is 398 g/mol. The normalized spacial score (nSPS) is 15.5. The molecule has 33 heavy (non-hydrogen) atoms. The highest BCUT2D eigenvalue weighted by molar-refractivity contribution is 5.87. The Morgan fingerprint density at radius 1 is 0.727 bits per heavy atom. The molecule has 0 saturated heterocycles. The zero-order valence-electron chi connectivity index (χ0n) is 19.9. The molecule has 1 aliphatic carbocycles. The molecule has 3 aromatic rings. The maximum absolute atomic E-state index is 2.52. The summed E-state index contributed by atoms with van der Waals surface area (Å²) in [5.41, 5.74) is 12.4. The average molecular weight is 432 g/mol. The van der Waals surface area contributed by atoms with Crippen LogP contribution in [0.1, 0.15) is 47.9 Å². The topological polar surface area (TPSA) is 3.24 Å². The third kappa shape index (κ3) is 4.59. The lowest BCUT2D eigenvalue weighted by Crippen LogP contribution is -2.23. The van der Waals surface area contributed by atoms with Crippen molar-refractivity contribution in [1.29, 1.82) is 0 Å². The van der Waals surface area contributed by atoms with Gasteiger partial charge in [0, 0.05) is 18.4 Å². The highest BCUT2D eigenvalue weighted by Crippen LogP contribution is 2.38. The van der Waals surface area contributed by atoms with Crippen LogP contribution >= 0.6 is 0 Å². The lowest BCUT2D eigenvalue weighted by molar-refractivity contribution is 0.444. The number of hydrogen-bond acceptors (Lipinski definition) is 1. The molecule has 1 heteroatoms. The highest BCUT2D eigenvalue weighted by atomic mass is 15.1. The van der Waals surface area contributed by atoms with Crippen molar-refractivity contribution in [3.63, 3.8) is 0 Å². The van der Waals surface area contributed by atoms with Gasteiger partial charge in [0.2, 0.25) is 0 Å². The monoisotopic (exact) mass is 431 g/mol. The van der Waals surface area contributed by atoms with Crippen LogP contribution in [0.25, 0.3) is 16.7 Å². The fraction of sp³-hybridized carbons (Fsp3) is 0.250. The molecule has 0 radical (unpaired) electrons. The predicted molar refractivity (Wildman–Crippen MR) is 141 cm³/mol. The van der Waals surface area contributed by atoms with Crippen molar-refractivity contribution in [1.82, 2.24) is 4.90 Å². The molecule has 0 spiro atoms. The van der Waals surface area contributed by atoms with Crippen molar-refractivity contribution < 1.29 is 0 Å². The fourth-order valence-corrected chi connectivity index (χ4v) is 4.93. The quantitative estimate of drug-likeness (QED) is 0.380. The second-order valence-electron chi connectivity index (χ2n) is 9.34. The summed E-state index contributed by atoms with van der Waals surface area (Å²) in [6.45, 7) is 5.49. The molecule has 0 atom stereocenters. The summed E-state index contributed by atoms with van der Waals surface area (Å²) in [7, 11) is 0.